The van der Waals surface area contributed by atoms with Crippen LogP contribution in [0.1, 0.15) is 14.3 Å². The summed E-state index contributed by atoms with van der Waals surface area (Å²) >= 11 is 0. The van der Waals surface area contributed by atoms with Crippen molar-refractivity contribution in [3.05, 3.63) is 25.3 Å². The second kappa shape index (κ2) is 7.81. The molecule has 0 amide bonds. The van der Waals surface area contributed by atoms with Gasteiger partial charge in [-0.2, -0.15) is 8.42 Å². The molecule has 2 unspecified atom stereocenters. The van der Waals surface area contributed by atoms with Gasteiger partial charge in [-0.1, -0.05) is 12.2 Å². The molecule has 0 fully saturated rings. The molecule has 0 saturated heterocycles. The Morgan fingerprint density at radius 2 is 1.79 bits per heavy atom. The minimum absolute atomic E-state index is 0. The summed E-state index contributed by atoms with van der Waals surface area (Å²) in [6.45, 7) is 6.59. The van der Waals surface area contributed by atoms with Crippen LogP contribution in [0.25, 0.3) is 0 Å². The zero-order chi connectivity index (χ0) is 14.6. The van der Waals surface area contributed by atoms with Crippen LogP contribution < -0.4 is 29.6 Å². The minimum Gasteiger partial charge on any atom is -1.00 e. The largest absolute Gasteiger partial charge is 1.00 e. The summed E-state index contributed by atoms with van der Waals surface area (Å²) in [7, 11) is -5.15. The van der Waals surface area contributed by atoms with Crippen LogP contribution in [0.5, 0.6) is 0 Å². The smallest absolute Gasteiger partial charge is 1.00 e. The van der Waals surface area contributed by atoms with Crippen molar-refractivity contribution >= 4 is 22.1 Å². The molecule has 0 aliphatic heterocycles. The van der Waals surface area contributed by atoms with Crippen molar-refractivity contribution in [1.29, 1.82) is 0 Å². The average Bonchev–Trinajstić information content (AvgIpc) is 2.20. The fourth-order valence-corrected chi connectivity index (χ4v) is 2.74. The molecule has 0 bridgehead atoms. The second-order valence-corrected chi connectivity index (χ2v) is 5.29. The van der Waals surface area contributed by atoms with Gasteiger partial charge in [0.1, 0.15) is 0 Å². The average molecular weight is 302 g/mol. The number of hydrogen-bond donors (Lipinski definition) is 3. The zero-order valence-corrected chi connectivity index (χ0v) is 13.3. The summed E-state index contributed by atoms with van der Waals surface area (Å²) in [5, 5.41) is 17.7. The second-order valence-electron chi connectivity index (χ2n) is 3.61. The van der Waals surface area contributed by atoms with E-state index in [2.05, 4.69) is 13.2 Å². The summed E-state index contributed by atoms with van der Waals surface area (Å²) in [4.78, 5) is 21.9. The van der Waals surface area contributed by atoms with Crippen LogP contribution in [-0.4, -0.2) is 39.9 Å². The monoisotopic (exact) mass is 302 g/mol. The van der Waals surface area contributed by atoms with Gasteiger partial charge in [-0.25, -0.2) is 0 Å². The number of hydrogen-bond acceptors (Lipinski definition) is 4. The van der Waals surface area contributed by atoms with Gasteiger partial charge in [0.15, 0.2) is 0 Å². The van der Waals surface area contributed by atoms with Gasteiger partial charge in [-0.05, 0) is 6.42 Å². The third-order valence-electron chi connectivity index (χ3n) is 2.54. The third-order valence-corrected chi connectivity index (χ3v) is 4.08. The van der Waals surface area contributed by atoms with E-state index in [1.54, 1.807) is 0 Å². The summed E-state index contributed by atoms with van der Waals surface area (Å²) in [5.41, 5.74) is 0. The Bertz CT molecular complexity index is 476. The fourth-order valence-electron chi connectivity index (χ4n) is 1.64. The van der Waals surface area contributed by atoms with Crippen molar-refractivity contribution in [2.24, 2.45) is 5.92 Å². The molecule has 19 heavy (non-hydrogen) atoms. The fraction of sp³-hybridized carbons (Fsp3) is 0.400. The molecule has 9 heteroatoms. The summed E-state index contributed by atoms with van der Waals surface area (Å²) in [6, 6.07) is 0. The molecular weight excluding hydrogens is 287 g/mol. The molecule has 104 valence electrons. The van der Waals surface area contributed by atoms with Gasteiger partial charge >= 0.3 is 41.5 Å². The van der Waals surface area contributed by atoms with E-state index in [0.717, 1.165) is 6.08 Å². The maximum Gasteiger partial charge on any atom is 1.00 e. The predicted molar refractivity (Wildman–Crippen MR) is 63.8 cm³/mol. The summed E-state index contributed by atoms with van der Waals surface area (Å²) in [5.74, 6) is -4.91. The normalized spacial score (nSPS) is 15.4. The number of aliphatic carboxylic acids is 2. The van der Waals surface area contributed by atoms with Crippen LogP contribution in [-0.2, 0) is 19.7 Å². The van der Waals surface area contributed by atoms with Crippen LogP contribution in [0.4, 0.5) is 0 Å². The van der Waals surface area contributed by atoms with Crippen molar-refractivity contribution in [3.8, 4) is 0 Å². The Hall–Kier alpha value is -0.670. The number of carboxylic acids is 2. The van der Waals surface area contributed by atoms with E-state index in [4.69, 9.17) is 14.8 Å². The van der Waals surface area contributed by atoms with E-state index in [1.165, 1.54) is 6.08 Å². The number of rotatable bonds is 8. The summed E-state index contributed by atoms with van der Waals surface area (Å²) in [6.07, 6.45) is 0.776. The van der Waals surface area contributed by atoms with Crippen LogP contribution in [0.3, 0.4) is 0 Å². The Morgan fingerprint density at radius 1 is 1.32 bits per heavy atom. The standard InChI is InChI=1S/C10H14O7S.Na.H/c1-3-5-7(4-2)10(9(13)14,6-8(11)12)18(15,16)17;;/h3-4,7H,1-2,5-6H2,(H,11,12)(H,13,14)(H,15,16,17);;/q;+1;-1. The number of allylic oxidation sites excluding steroid dienone is 2. The molecular formula is C10H15NaO7S. The van der Waals surface area contributed by atoms with E-state index in [0.29, 0.717) is 0 Å². The number of carboxylic acid groups (broad SMARTS) is 2. The quantitative estimate of drug-likeness (QED) is 0.260. The molecule has 2 atom stereocenters. The van der Waals surface area contributed by atoms with Crippen LogP contribution in [0, 0.1) is 5.92 Å². The van der Waals surface area contributed by atoms with Crippen molar-refractivity contribution in [3.63, 3.8) is 0 Å². The van der Waals surface area contributed by atoms with Crippen LogP contribution >= 0.6 is 0 Å². The SMILES string of the molecule is C=CCC(C=C)C(CC(=O)O)(C(=O)O)S(=O)(=O)O.[H-].[Na+]. The molecule has 0 heterocycles. The Morgan fingerprint density at radius 3 is 2.00 bits per heavy atom. The van der Waals surface area contributed by atoms with Crippen molar-refractivity contribution < 1.29 is 63.8 Å². The number of carbonyl (C=O) groups is 2. The van der Waals surface area contributed by atoms with Crippen molar-refractivity contribution in [2.45, 2.75) is 17.6 Å². The maximum atomic E-state index is 11.3. The van der Waals surface area contributed by atoms with E-state index in [9.17, 15) is 18.0 Å². The summed E-state index contributed by atoms with van der Waals surface area (Å²) < 4.78 is 28.9. The Balaban J connectivity index is -0.00000144. The first kappa shape index (κ1) is 20.6. The third kappa shape index (κ3) is 4.43. The van der Waals surface area contributed by atoms with Gasteiger partial charge in [0.05, 0.1) is 6.42 Å². The van der Waals surface area contributed by atoms with E-state index in [1.807, 2.05) is 0 Å². The van der Waals surface area contributed by atoms with Crippen molar-refractivity contribution in [1.82, 2.24) is 0 Å². The molecule has 0 rings (SSSR count). The van der Waals surface area contributed by atoms with Crippen LogP contribution in [0.15, 0.2) is 25.3 Å². The van der Waals surface area contributed by atoms with Gasteiger partial charge < -0.3 is 11.6 Å². The first-order valence-corrected chi connectivity index (χ1v) is 6.23. The predicted octanol–water partition coefficient (Wildman–Crippen LogP) is -2.33. The molecule has 0 aliphatic rings. The molecule has 3 N–H and O–H groups in total. The zero-order valence-electron chi connectivity index (χ0n) is 11.4. The first-order chi connectivity index (χ1) is 8.13. The first-order valence-electron chi connectivity index (χ1n) is 4.79. The van der Waals surface area contributed by atoms with Gasteiger partial charge in [-0.3, -0.25) is 14.1 Å². The Kier molecular flexibility index (Phi) is 8.48. The minimum atomic E-state index is -5.15. The van der Waals surface area contributed by atoms with Gasteiger partial charge in [0.2, 0.25) is 4.75 Å². The molecule has 0 aromatic carbocycles. The maximum absolute atomic E-state index is 11.3. The molecule has 0 aromatic heterocycles. The van der Waals surface area contributed by atoms with Gasteiger partial charge in [0.25, 0.3) is 10.1 Å². The molecule has 7 nitrogen and oxygen atoms in total. The Labute approximate surface area is 134 Å². The van der Waals surface area contributed by atoms with Crippen molar-refractivity contribution in [2.75, 3.05) is 0 Å². The topological polar surface area (TPSA) is 129 Å². The molecule has 0 spiro atoms. The molecule has 0 saturated carbocycles. The van der Waals surface area contributed by atoms with E-state index < -0.39 is 39.1 Å². The van der Waals surface area contributed by atoms with Crippen LogP contribution in [0.2, 0.25) is 0 Å². The molecule has 0 radical (unpaired) electrons. The molecule has 0 aromatic rings. The van der Waals surface area contributed by atoms with Gasteiger partial charge in [-0.15, -0.1) is 13.2 Å². The molecule has 0 aliphatic carbocycles. The van der Waals surface area contributed by atoms with Gasteiger partial charge in [0, 0.05) is 5.92 Å². The van der Waals surface area contributed by atoms with E-state index in [-0.39, 0.29) is 37.4 Å². The van der Waals surface area contributed by atoms with E-state index >= 15 is 0 Å².